The molecule has 160 valence electrons. The summed E-state index contributed by atoms with van der Waals surface area (Å²) in [5, 5.41) is 13.9. The summed E-state index contributed by atoms with van der Waals surface area (Å²) in [6.07, 6.45) is 6.52. The molecule has 2 aromatic carbocycles. The predicted molar refractivity (Wildman–Crippen MR) is 124 cm³/mol. The Morgan fingerprint density at radius 2 is 1.90 bits per heavy atom. The summed E-state index contributed by atoms with van der Waals surface area (Å²) in [5.41, 5.74) is 1.52. The van der Waals surface area contributed by atoms with Crippen LogP contribution in [0.25, 0.3) is 10.1 Å². The lowest BCUT2D eigenvalue weighted by molar-refractivity contribution is 0.404. The van der Waals surface area contributed by atoms with Crippen LogP contribution in [0.4, 0.5) is 5.69 Å². The number of sulfonamides is 1. The molecule has 4 rings (SSSR count). The second-order valence-electron chi connectivity index (χ2n) is 8.22. The third-order valence-electron chi connectivity index (χ3n) is 5.81. The van der Waals surface area contributed by atoms with Gasteiger partial charge in [0, 0.05) is 17.3 Å². The van der Waals surface area contributed by atoms with Crippen molar-refractivity contribution in [3.8, 4) is 5.75 Å². The lowest BCUT2D eigenvalue weighted by Crippen LogP contribution is -2.28. The fourth-order valence-corrected chi connectivity index (χ4v) is 6.70. The van der Waals surface area contributed by atoms with E-state index in [1.807, 2.05) is 18.2 Å². The molecule has 0 unspecified atom stereocenters. The predicted octanol–water partition coefficient (Wildman–Crippen LogP) is 5.47. The number of fused-ring (bicyclic) bond motifs is 1. The number of aromatic hydroxyl groups is 1. The monoisotopic (exact) mass is 444 g/mol. The Labute approximate surface area is 182 Å². The minimum absolute atomic E-state index is 0.125. The molecule has 0 saturated heterocycles. The molecule has 3 N–H and O–H groups in total. The first-order valence-corrected chi connectivity index (χ1v) is 12.8. The maximum atomic E-state index is 13.0. The first kappa shape index (κ1) is 21.2. The van der Waals surface area contributed by atoms with Crippen LogP contribution in [0.5, 0.6) is 5.75 Å². The van der Waals surface area contributed by atoms with Crippen molar-refractivity contribution in [2.75, 3.05) is 4.72 Å². The number of hydrogen-bond acceptors (Lipinski definition) is 5. The number of para-hydroxylation sites is 1. The summed E-state index contributed by atoms with van der Waals surface area (Å²) in [4.78, 5) is 0. The Hall–Kier alpha value is -2.09. The number of benzene rings is 2. The van der Waals surface area contributed by atoms with Gasteiger partial charge in [-0.15, -0.1) is 11.3 Å². The fourth-order valence-electron chi connectivity index (χ4n) is 4.22. The first-order valence-electron chi connectivity index (χ1n) is 10.5. The van der Waals surface area contributed by atoms with Crippen molar-refractivity contribution in [3.63, 3.8) is 0 Å². The number of phenolic OH excluding ortho intramolecular Hbond substituents is 1. The van der Waals surface area contributed by atoms with Crippen molar-refractivity contribution >= 4 is 37.1 Å². The summed E-state index contributed by atoms with van der Waals surface area (Å²) >= 11 is 1.20. The van der Waals surface area contributed by atoms with E-state index in [0.29, 0.717) is 18.3 Å². The minimum Gasteiger partial charge on any atom is -0.508 e. The summed E-state index contributed by atoms with van der Waals surface area (Å²) in [6, 6.07) is 14.4. The number of nitrogens with one attached hydrogen (secondary N) is 2. The number of phenols is 1. The zero-order chi connectivity index (χ0) is 21.1. The highest BCUT2D eigenvalue weighted by molar-refractivity contribution is 7.94. The lowest BCUT2D eigenvalue weighted by Gasteiger charge is -2.19. The van der Waals surface area contributed by atoms with Gasteiger partial charge in [0.25, 0.3) is 10.0 Å². The van der Waals surface area contributed by atoms with Crippen LogP contribution in [0.15, 0.2) is 52.7 Å². The molecule has 1 atom stereocenters. The van der Waals surface area contributed by atoms with Crippen LogP contribution in [-0.2, 0) is 16.6 Å². The van der Waals surface area contributed by atoms with E-state index in [1.165, 1.54) is 43.4 Å². The molecule has 1 fully saturated rings. The fraction of sp³-hybridized carbons (Fsp3) is 0.391. The summed E-state index contributed by atoms with van der Waals surface area (Å²) in [6.45, 7) is 2.82. The second-order valence-corrected chi connectivity index (χ2v) is 11.2. The van der Waals surface area contributed by atoms with Gasteiger partial charge in [0.1, 0.15) is 9.96 Å². The molecule has 1 saturated carbocycles. The maximum Gasteiger partial charge on any atom is 0.271 e. The molecule has 3 aromatic rings. The molecule has 1 aromatic heterocycles. The van der Waals surface area contributed by atoms with E-state index < -0.39 is 10.0 Å². The van der Waals surface area contributed by atoms with Crippen molar-refractivity contribution in [2.24, 2.45) is 5.92 Å². The molecule has 0 radical (unpaired) electrons. The number of anilines is 1. The molecule has 5 nitrogen and oxygen atoms in total. The van der Waals surface area contributed by atoms with E-state index in [1.54, 1.807) is 30.3 Å². The molecule has 0 amide bonds. The molecule has 1 aliphatic rings. The van der Waals surface area contributed by atoms with Crippen LogP contribution in [0, 0.1) is 5.92 Å². The maximum absolute atomic E-state index is 13.0. The van der Waals surface area contributed by atoms with Crippen molar-refractivity contribution in [1.82, 2.24) is 5.32 Å². The molecule has 7 heteroatoms. The normalized spacial score (nSPS) is 16.2. The highest BCUT2D eigenvalue weighted by Gasteiger charge is 2.20. The zero-order valence-electron chi connectivity index (χ0n) is 17.1. The highest BCUT2D eigenvalue weighted by atomic mass is 32.2. The van der Waals surface area contributed by atoms with Gasteiger partial charge in [-0.3, -0.25) is 4.72 Å². The lowest BCUT2D eigenvalue weighted by atomic mass is 9.99. The molecule has 0 bridgehead atoms. The molecule has 1 heterocycles. The van der Waals surface area contributed by atoms with Crippen LogP contribution in [0.1, 0.15) is 44.6 Å². The van der Waals surface area contributed by atoms with Crippen molar-refractivity contribution < 1.29 is 13.5 Å². The van der Waals surface area contributed by atoms with Gasteiger partial charge in [-0.2, -0.15) is 0 Å². The van der Waals surface area contributed by atoms with E-state index >= 15 is 0 Å². The zero-order valence-corrected chi connectivity index (χ0v) is 18.7. The van der Waals surface area contributed by atoms with Crippen LogP contribution >= 0.6 is 11.3 Å². The molecule has 30 heavy (non-hydrogen) atoms. The largest absolute Gasteiger partial charge is 0.508 e. The number of rotatable bonds is 8. The summed E-state index contributed by atoms with van der Waals surface area (Å²) in [5.74, 6) is 0.939. The topological polar surface area (TPSA) is 78.4 Å². The highest BCUT2D eigenvalue weighted by Crippen LogP contribution is 2.33. The van der Waals surface area contributed by atoms with E-state index in [9.17, 15) is 13.5 Å². The molecular weight excluding hydrogens is 416 g/mol. The molecular formula is C23H28N2O3S2. The van der Waals surface area contributed by atoms with E-state index in [4.69, 9.17) is 0 Å². The standard InChI is InChI=1S/C23H28N2O3S2/c1-16(12-17-6-2-3-7-17)24-15-18-8-4-5-9-21(18)25-30(27,28)23-14-19-13-20(26)10-11-22(19)29-23/h4-5,8-11,13-14,16-17,24-26H,2-3,6-7,12,15H2,1H3/t16-/m0/s1. The third kappa shape index (κ3) is 4.96. The van der Waals surface area contributed by atoms with Crippen LogP contribution in [0.3, 0.4) is 0 Å². The van der Waals surface area contributed by atoms with E-state index in [-0.39, 0.29) is 9.96 Å². The van der Waals surface area contributed by atoms with Crippen molar-refractivity contribution in [3.05, 3.63) is 54.1 Å². The van der Waals surface area contributed by atoms with Gasteiger partial charge in [0.15, 0.2) is 0 Å². The Bertz CT molecular complexity index is 1120. The smallest absolute Gasteiger partial charge is 0.271 e. The first-order chi connectivity index (χ1) is 14.4. The van der Waals surface area contributed by atoms with Gasteiger partial charge in [-0.1, -0.05) is 43.9 Å². The second kappa shape index (κ2) is 8.96. The Morgan fingerprint density at radius 1 is 1.13 bits per heavy atom. The van der Waals surface area contributed by atoms with E-state index in [0.717, 1.165) is 21.6 Å². The van der Waals surface area contributed by atoms with Gasteiger partial charge in [-0.25, -0.2) is 8.42 Å². The average Bonchev–Trinajstić information content (AvgIpc) is 3.36. The quantitative estimate of drug-likeness (QED) is 0.431. The van der Waals surface area contributed by atoms with E-state index in [2.05, 4.69) is 17.0 Å². The van der Waals surface area contributed by atoms with Gasteiger partial charge in [0.05, 0.1) is 5.69 Å². The van der Waals surface area contributed by atoms with Crippen molar-refractivity contribution in [1.29, 1.82) is 0 Å². The Kier molecular flexibility index (Phi) is 6.32. The van der Waals surface area contributed by atoms with Crippen molar-refractivity contribution in [2.45, 2.75) is 55.8 Å². The SMILES string of the molecule is C[C@@H](CC1CCCC1)NCc1ccccc1NS(=O)(=O)c1cc2cc(O)ccc2s1. The van der Waals surface area contributed by atoms with Gasteiger partial charge < -0.3 is 10.4 Å². The molecule has 1 aliphatic carbocycles. The van der Waals surface area contributed by atoms with Crippen LogP contribution < -0.4 is 10.0 Å². The summed E-state index contributed by atoms with van der Waals surface area (Å²) < 4.78 is 29.8. The third-order valence-corrected chi connectivity index (χ3v) is 8.76. The molecule has 0 aliphatic heterocycles. The van der Waals surface area contributed by atoms with Gasteiger partial charge >= 0.3 is 0 Å². The molecule has 0 spiro atoms. The Morgan fingerprint density at radius 3 is 2.70 bits per heavy atom. The van der Waals surface area contributed by atoms with Gasteiger partial charge in [0.2, 0.25) is 0 Å². The van der Waals surface area contributed by atoms with Gasteiger partial charge in [-0.05, 0) is 60.5 Å². The number of thiophene rings is 1. The minimum atomic E-state index is -3.71. The number of hydrogen-bond donors (Lipinski definition) is 3. The average molecular weight is 445 g/mol. The Balaban J connectivity index is 1.47. The van der Waals surface area contributed by atoms with Crippen LogP contribution in [-0.4, -0.2) is 19.6 Å². The summed E-state index contributed by atoms with van der Waals surface area (Å²) in [7, 11) is -3.71. The van der Waals surface area contributed by atoms with Crippen LogP contribution in [0.2, 0.25) is 0 Å².